The van der Waals surface area contributed by atoms with Crippen LogP contribution in [0.5, 0.6) is 0 Å². The van der Waals surface area contributed by atoms with Gasteiger partial charge in [0.2, 0.25) is 0 Å². The molecule has 0 aromatic carbocycles. The zero-order valence-corrected chi connectivity index (χ0v) is 11.4. The van der Waals surface area contributed by atoms with Crippen molar-refractivity contribution in [1.82, 2.24) is 4.90 Å². The summed E-state index contributed by atoms with van der Waals surface area (Å²) in [6.07, 6.45) is 6.37. The lowest BCUT2D eigenvalue weighted by molar-refractivity contribution is -0.144. The van der Waals surface area contributed by atoms with E-state index in [9.17, 15) is 4.79 Å². The van der Waals surface area contributed by atoms with E-state index in [0.717, 1.165) is 32.5 Å². The Labute approximate surface area is 112 Å². The predicted molar refractivity (Wildman–Crippen MR) is 74.2 cm³/mol. The predicted octanol–water partition coefficient (Wildman–Crippen LogP) is 1.43. The van der Waals surface area contributed by atoms with Gasteiger partial charge in [-0.15, -0.1) is 0 Å². The van der Waals surface area contributed by atoms with Crippen LogP contribution in [0.15, 0.2) is 0 Å². The van der Waals surface area contributed by atoms with Crippen molar-refractivity contribution >= 4 is 5.97 Å². The molecule has 0 fully saturated rings. The van der Waals surface area contributed by atoms with Crippen molar-refractivity contribution in [2.24, 2.45) is 5.73 Å². The Balaban J connectivity index is 3.66. The molecule has 104 valence electrons. The molecule has 0 aliphatic carbocycles. The van der Waals surface area contributed by atoms with Crippen LogP contribution in [0.25, 0.3) is 0 Å². The molecule has 2 N–H and O–H groups in total. The third kappa shape index (κ3) is 8.48. The van der Waals surface area contributed by atoms with E-state index in [1.807, 2.05) is 12.8 Å². The summed E-state index contributed by atoms with van der Waals surface area (Å²) in [4.78, 5) is 13.5. The van der Waals surface area contributed by atoms with Crippen LogP contribution in [0, 0.1) is 26.7 Å². The molecule has 1 atom stereocenters. The minimum atomic E-state index is -0.489. The SMILES string of the molecule is [CH2][CH]CN(C[CH][CH2])CCCCC(N)C(=O)OCC. The molecule has 0 bridgehead atoms. The molecule has 0 aromatic rings. The third-order valence-electron chi connectivity index (χ3n) is 2.60. The molecule has 0 aliphatic rings. The van der Waals surface area contributed by atoms with Crippen LogP contribution in [0.3, 0.4) is 0 Å². The molecular formula is C14H26N2O2. The molecule has 0 aromatic heterocycles. The number of hydrogen-bond donors (Lipinski definition) is 1. The highest BCUT2D eigenvalue weighted by molar-refractivity contribution is 5.75. The monoisotopic (exact) mass is 254 g/mol. The van der Waals surface area contributed by atoms with E-state index in [1.165, 1.54) is 0 Å². The first kappa shape index (κ1) is 17.4. The Hall–Kier alpha value is -0.610. The summed E-state index contributed by atoms with van der Waals surface area (Å²) in [5, 5.41) is 0. The zero-order chi connectivity index (χ0) is 13.8. The van der Waals surface area contributed by atoms with Crippen molar-refractivity contribution in [2.75, 3.05) is 26.2 Å². The number of carbonyl (C=O) groups is 1. The topological polar surface area (TPSA) is 55.6 Å². The Kier molecular flexibility index (Phi) is 11.1. The summed E-state index contributed by atoms with van der Waals surface area (Å²) in [5.41, 5.74) is 5.72. The normalized spacial score (nSPS) is 12.7. The van der Waals surface area contributed by atoms with Gasteiger partial charge in [0.15, 0.2) is 0 Å². The van der Waals surface area contributed by atoms with E-state index in [1.54, 1.807) is 6.92 Å². The molecule has 1 unspecified atom stereocenters. The van der Waals surface area contributed by atoms with Crippen LogP contribution in [-0.4, -0.2) is 43.2 Å². The Morgan fingerprint density at radius 2 is 1.94 bits per heavy atom. The highest BCUT2D eigenvalue weighted by Gasteiger charge is 2.13. The van der Waals surface area contributed by atoms with Crippen LogP contribution in [0.2, 0.25) is 0 Å². The second-order valence-corrected chi connectivity index (χ2v) is 4.19. The van der Waals surface area contributed by atoms with Gasteiger partial charge in [0.05, 0.1) is 6.61 Å². The lowest BCUT2D eigenvalue weighted by atomic mass is 10.1. The molecular weight excluding hydrogens is 228 g/mol. The number of carbonyl (C=O) groups excluding carboxylic acids is 1. The van der Waals surface area contributed by atoms with Crippen LogP contribution < -0.4 is 5.73 Å². The summed E-state index contributed by atoms with van der Waals surface area (Å²) in [6, 6.07) is -0.489. The van der Waals surface area contributed by atoms with E-state index in [-0.39, 0.29) is 5.97 Å². The summed E-state index contributed by atoms with van der Waals surface area (Å²) >= 11 is 0. The van der Waals surface area contributed by atoms with Gasteiger partial charge in [0.1, 0.15) is 6.04 Å². The molecule has 0 spiro atoms. The molecule has 0 heterocycles. The Morgan fingerprint density at radius 3 is 2.44 bits per heavy atom. The minimum absolute atomic E-state index is 0.300. The molecule has 0 amide bonds. The van der Waals surface area contributed by atoms with E-state index in [0.29, 0.717) is 13.0 Å². The highest BCUT2D eigenvalue weighted by Crippen LogP contribution is 2.03. The standard InChI is InChI=1S/C14H26N2O2/c1-4-10-16(11-5-2)12-8-7-9-13(15)14(17)18-6-3/h4-5,13H,1-2,6-12,15H2,3H3. The molecule has 4 radical (unpaired) electrons. The van der Waals surface area contributed by atoms with Crippen molar-refractivity contribution in [2.45, 2.75) is 32.2 Å². The van der Waals surface area contributed by atoms with E-state index in [2.05, 4.69) is 18.7 Å². The second-order valence-electron chi connectivity index (χ2n) is 4.19. The van der Waals surface area contributed by atoms with Crippen molar-refractivity contribution in [3.63, 3.8) is 0 Å². The first-order valence-electron chi connectivity index (χ1n) is 6.52. The minimum Gasteiger partial charge on any atom is -0.465 e. The summed E-state index contributed by atoms with van der Waals surface area (Å²) in [5.74, 6) is -0.300. The molecule has 0 aliphatic heterocycles. The van der Waals surface area contributed by atoms with E-state index >= 15 is 0 Å². The van der Waals surface area contributed by atoms with Crippen molar-refractivity contribution in [1.29, 1.82) is 0 Å². The van der Waals surface area contributed by atoms with Gasteiger partial charge in [-0.1, -0.05) is 6.42 Å². The van der Waals surface area contributed by atoms with Gasteiger partial charge in [-0.3, -0.25) is 4.79 Å². The maximum Gasteiger partial charge on any atom is 0.322 e. The number of nitrogens with zero attached hydrogens (tertiary/aromatic N) is 1. The second kappa shape index (κ2) is 11.5. The van der Waals surface area contributed by atoms with Gasteiger partial charge in [-0.05, 0) is 53.0 Å². The fourth-order valence-electron chi connectivity index (χ4n) is 1.69. The average molecular weight is 254 g/mol. The van der Waals surface area contributed by atoms with Crippen molar-refractivity contribution in [3.8, 4) is 0 Å². The summed E-state index contributed by atoms with van der Waals surface area (Å²) in [6.45, 7) is 12.3. The lowest BCUT2D eigenvalue weighted by Gasteiger charge is -2.20. The fraction of sp³-hybridized carbons (Fsp3) is 0.643. The number of ether oxygens (including phenoxy) is 1. The van der Waals surface area contributed by atoms with Crippen molar-refractivity contribution < 1.29 is 9.53 Å². The molecule has 18 heavy (non-hydrogen) atoms. The van der Waals surface area contributed by atoms with Gasteiger partial charge in [0.25, 0.3) is 0 Å². The van der Waals surface area contributed by atoms with Gasteiger partial charge in [-0.2, -0.15) is 0 Å². The smallest absolute Gasteiger partial charge is 0.322 e. The number of hydrogen-bond acceptors (Lipinski definition) is 4. The number of esters is 1. The highest BCUT2D eigenvalue weighted by atomic mass is 16.5. The molecule has 0 rings (SSSR count). The number of nitrogens with two attached hydrogens (primary N) is 1. The van der Waals surface area contributed by atoms with Gasteiger partial charge in [0, 0.05) is 13.1 Å². The third-order valence-corrected chi connectivity index (χ3v) is 2.60. The van der Waals surface area contributed by atoms with Crippen LogP contribution in [0.1, 0.15) is 26.2 Å². The Morgan fingerprint density at radius 1 is 1.33 bits per heavy atom. The van der Waals surface area contributed by atoms with Gasteiger partial charge < -0.3 is 15.4 Å². The molecule has 0 saturated carbocycles. The number of unbranched alkanes of at least 4 members (excludes halogenated alkanes) is 1. The van der Waals surface area contributed by atoms with Crippen LogP contribution >= 0.6 is 0 Å². The largest absolute Gasteiger partial charge is 0.465 e. The first-order valence-corrected chi connectivity index (χ1v) is 6.52. The zero-order valence-electron chi connectivity index (χ0n) is 11.4. The average Bonchev–Trinajstić information content (AvgIpc) is 2.35. The molecule has 4 nitrogen and oxygen atoms in total. The van der Waals surface area contributed by atoms with E-state index < -0.39 is 6.04 Å². The first-order chi connectivity index (χ1) is 8.65. The summed E-state index contributed by atoms with van der Waals surface area (Å²) < 4.78 is 4.86. The maximum absolute atomic E-state index is 11.3. The summed E-state index contributed by atoms with van der Waals surface area (Å²) in [7, 11) is 0. The van der Waals surface area contributed by atoms with E-state index in [4.69, 9.17) is 10.5 Å². The quantitative estimate of drug-likeness (QED) is 0.447. The number of rotatable bonds is 11. The van der Waals surface area contributed by atoms with Crippen LogP contribution in [-0.2, 0) is 9.53 Å². The van der Waals surface area contributed by atoms with Gasteiger partial charge >= 0.3 is 5.97 Å². The van der Waals surface area contributed by atoms with Gasteiger partial charge in [-0.25, -0.2) is 0 Å². The maximum atomic E-state index is 11.3. The fourth-order valence-corrected chi connectivity index (χ4v) is 1.69. The molecule has 4 heteroatoms. The van der Waals surface area contributed by atoms with Crippen molar-refractivity contribution in [3.05, 3.63) is 26.7 Å². The Bertz CT molecular complexity index is 204. The molecule has 0 saturated heterocycles. The van der Waals surface area contributed by atoms with Crippen LogP contribution in [0.4, 0.5) is 0 Å². The lowest BCUT2D eigenvalue weighted by Crippen LogP contribution is -2.32.